The summed E-state index contributed by atoms with van der Waals surface area (Å²) in [5, 5.41) is 10.5. The van der Waals surface area contributed by atoms with Gasteiger partial charge in [-0.1, -0.05) is 12.8 Å². The second kappa shape index (κ2) is 4.87. The van der Waals surface area contributed by atoms with Crippen LogP contribution < -0.4 is 0 Å². The molecule has 2 amide bonds. The summed E-state index contributed by atoms with van der Waals surface area (Å²) in [6, 6.07) is 0. The molecule has 1 N–H and O–H groups in total. The number of carbonyl (C=O) groups is 2. The van der Waals surface area contributed by atoms with Gasteiger partial charge in [0.15, 0.2) is 0 Å². The van der Waals surface area contributed by atoms with E-state index in [1.165, 1.54) is 4.90 Å². The number of imide groups is 1. The number of ether oxygens (including phenoxy) is 1. The van der Waals surface area contributed by atoms with Gasteiger partial charge in [-0.15, -0.1) is 0 Å². The molecule has 2 aliphatic heterocycles. The third kappa shape index (κ3) is 2.30. The first-order valence-corrected chi connectivity index (χ1v) is 7.26. The fourth-order valence-corrected chi connectivity index (χ4v) is 3.59. The maximum atomic E-state index is 12.3. The molecule has 3 aliphatic rings. The average Bonchev–Trinajstić information content (AvgIpc) is 2.65. The van der Waals surface area contributed by atoms with Gasteiger partial charge < -0.3 is 9.84 Å². The Kier molecular flexibility index (Phi) is 3.35. The highest BCUT2D eigenvalue weighted by Crippen LogP contribution is 2.39. The highest BCUT2D eigenvalue weighted by atomic mass is 16.5. The van der Waals surface area contributed by atoms with Crippen LogP contribution >= 0.6 is 0 Å². The molecule has 0 spiro atoms. The van der Waals surface area contributed by atoms with Gasteiger partial charge in [0.25, 0.3) is 0 Å². The number of aliphatic hydroxyl groups is 1. The van der Waals surface area contributed by atoms with Gasteiger partial charge in [0.1, 0.15) is 0 Å². The Morgan fingerprint density at radius 1 is 1.11 bits per heavy atom. The van der Waals surface area contributed by atoms with Crippen molar-refractivity contribution in [2.75, 3.05) is 19.8 Å². The fraction of sp³-hybridized carbons (Fsp3) is 0.857. The Morgan fingerprint density at radius 3 is 2.16 bits per heavy atom. The average molecular weight is 267 g/mol. The Bertz CT molecular complexity index is 365. The second-order valence-electron chi connectivity index (χ2n) is 6.10. The summed E-state index contributed by atoms with van der Waals surface area (Å²) < 4.78 is 5.23. The van der Waals surface area contributed by atoms with Crippen LogP contribution in [0, 0.1) is 11.8 Å². The molecule has 2 atom stereocenters. The van der Waals surface area contributed by atoms with E-state index in [1.54, 1.807) is 0 Å². The highest BCUT2D eigenvalue weighted by molar-refractivity contribution is 6.05. The predicted octanol–water partition coefficient (Wildman–Crippen LogP) is 0.703. The Morgan fingerprint density at radius 2 is 1.63 bits per heavy atom. The van der Waals surface area contributed by atoms with E-state index in [-0.39, 0.29) is 30.2 Å². The van der Waals surface area contributed by atoms with Crippen molar-refractivity contribution in [1.82, 2.24) is 4.90 Å². The minimum absolute atomic E-state index is 0.0605. The van der Waals surface area contributed by atoms with E-state index in [0.29, 0.717) is 26.1 Å². The lowest BCUT2D eigenvalue weighted by Gasteiger charge is -2.34. The molecule has 0 aromatic heterocycles. The van der Waals surface area contributed by atoms with Crippen LogP contribution in [0.15, 0.2) is 0 Å². The maximum absolute atomic E-state index is 12.3. The van der Waals surface area contributed by atoms with E-state index in [9.17, 15) is 14.7 Å². The zero-order valence-electron chi connectivity index (χ0n) is 11.1. The van der Waals surface area contributed by atoms with Gasteiger partial charge in [0.05, 0.1) is 24.0 Å². The lowest BCUT2D eigenvalue weighted by atomic mass is 9.81. The van der Waals surface area contributed by atoms with Crippen LogP contribution in [0.1, 0.15) is 38.5 Å². The van der Waals surface area contributed by atoms with Gasteiger partial charge in [-0.2, -0.15) is 0 Å². The molecule has 0 bridgehead atoms. The number of fused-ring (bicyclic) bond motifs is 1. The van der Waals surface area contributed by atoms with E-state index < -0.39 is 5.60 Å². The van der Waals surface area contributed by atoms with E-state index >= 15 is 0 Å². The van der Waals surface area contributed by atoms with Crippen molar-refractivity contribution < 1.29 is 19.4 Å². The SMILES string of the molecule is O=C1C2CCCCC2C(=O)N1CC1(O)CCOCC1. The maximum Gasteiger partial charge on any atom is 0.233 e. The van der Waals surface area contributed by atoms with Crippen LogP contribution in [-0.2, 0) is 14.3 Å². The Balaban J connectivity index is 1.73. The molecule has 0 aromatic carbocycles. The smallest absolute Gasteiger partial charge is 0.233 e. The van der Waals surface area contributed by atoms with Crippen LogP contribution in [0.4, 0.5) is 0 Å². The zero-order valence-corrected chi connectivity index (χ0v) is 11.1. The van der Waals surface area contributed by atoms with Gasteiger partial charge >= 0.3 is 0 Å². The van der Waals surface area contributed by atoms with Gasteiger partial charge in [0.2, 0.25) is 11.8 Å². The van der Waals surface area contributed by atoms with Gasteiger partial charge in [0, 0.05) is 26.1 Å². The quantitative estimate of drug-likeness (QED) is 0.748. The summed E-state index contributed by atoms with van der Waals surface area (Å²) in [5.74, 6) is -0.362. The fourth-order valence-electron chi connectivity index (χ4n) is 3.59. The summed E-state index contributed by atoms with van der Waals surface area (Å²) in [4.78, 5) is 26.0. The Labute approximate surface area is 112 Å². The molecule has 3 rings (SSSR count). The van der Waals surface area contributed by atoms with E-state index in [1.807, 2.05) is 0 Å². The molecule has 5 nitrogen and oxygen atoms in total. The van der Waals surface area contributed by atoms with Crippen molar-refractivity contribution in [1.29, 1.82) is 0 Å². The first-order valence-electron chi connectivity index (χ1n) is 7.26. The third-order valence-corrected chi connectivity index (χ3v) is 4.81. The van der Waals surface area contributed by atoms with Crippen molar-refractivity contribution in [3.05, 3.63) is 0 Å². The number of rotatable bonds is 2. The second-order valence-corrected chi connectivity index (χ2v) is 6.10. The number of amides is 2. The van der Waals surface area contributed by atoms with Crippen LogP contribution in [0.25, 0.3) is 0 Å². The Hall–Kier alpha value is -0.940. The molecule has 2 heterocycles. The monoisotopic (exact) mass is 267 g/mol. The number of likely N-dealkylation sites (tertiary alicyclic amines) is 1. The number of hydrogen-bond acceptors (Lipinski definition) is 4. The van der Waals surface area contributed by atoms with E-state index in [4.69, 9.17) is 4.74 Å². The van der Waals surface area contributed by atoms with Crippen LogP contribution in [0.3, 0.4) is 0 Å². The van der Waals surface area contributed by atoms with Crippen LogP contribution in [-0.4, -0.2) is 47.2 Å². The molecule has 0 radical (unpaired) electrons. The molecule has 2 saturated heterocycles. The lowest BCUT2D eigenvalue weighted by molar-refractivity contribution is -0.147. The highest BCUT2D eigenvalue weighted by Gasteiger charge is 2.50. The molecule has 0 aromatic rings. The molecule has 19 heavy (non-hydrogen) atoms. The lowest BCUT2D eigenvalue weighted by Crippen LogP contribution is -2.49. The number of hydrogen-bond donors (Lipinski definition) is 1. The molecule has 106 valence electrons. The first-order chi connectivity index (χ1) is 9.11. The van der Waals surface area contributed by atoms with Crippen LogP contribution in [0.5, 0.6) is 0 Å². The molecule has 1 aliphatic carbocycles. The minimum atomic E-state index is -0.947. The molecule has 5 heteroatoms. The number of nitrogens with zero attached hydrogens (tertiary/aromatic N) is 1. The summed E-state index contributed by atoms with van der Waals surface area (Å²) in [6.45, 7) is 1.15. The van der Waals surface area contributed by atoms with Crippen molar-refractivity contribution in [3.8, 4) is 0 Å². The topological polar surface area (TPSA) is 66.8 Å². The van der Waals surface area contributed by atoms with E-state index in [0.717, 1.165) is 25.7 Å². The molecular formula is C14H21NO4. The molecular weight excluding hydrogens is 246 g/mol. The third-order valence-electron chi connectivity index (χ3n) is 4.81. The summed E-state index contributed by atoms with van der Waals surface area (Å²) in [5.41, 5.74) is -0.947. The summed E-state index contributed by atoms with van der Waals surface area (Å²) in [7, 11) is 0. The normalized spacial score (nSPS) is 34.5. The zero-order chi connectivity index (χ0) is 13.5. The van der Waals surface area contributed by atoms with Crippen molar-refractivity contribution in [2.24, 2.45) is 11.8 Å². The van der Waals surface area contributed by atoms with Gasteiger partial charge in [-0.25, -0.2) is 0 Å². The number of β-amino-alcohol motifs (C(OH)–C–C–N with tert-alkyl or cyclic N) is 1. The number of carbonyl (C=O) groups excluding carboxylic acids is 2. The largest absolute Gasteiger partial charge is 0.388 e. The first kappa shape index (κ1) is 13.1. The van der Waals surface area contributed by atoms with E-state index in [2.05, 4.69) is 0 Å². The van der Waals surface area contributed by atoms with Crippen molar-refractivity contribution in [2.45, 2.75) is 44.1 Å². The van der Waals surface area contributed by atoms with Crippen molar-refractivity contribution >= 4 is 11.8 Å². The molecule has 2 unspecified atom stereocenters. The predicted molar refractivity (Wildman–Crippen MR) is 67.2 cm³/mol. The van der Waals surface area contributed by atoms with Gasteiger partial charge in [-0.05, 0) is 12.8 Å². The van der Waals surface area contributed by atoms with Crippen LogP contribution in [0.2, 0.25) is 0 Å². The van der Waals surface area contributed by atoms with Crippen molar-refractivity contribution in [3.63, 3.8) is 0 Å². The minimum Gasteiger partial charge on any atom is -0.388 e. The molecule has 1 saturated carbocycles. The summed E-state index contributed by atoms with van der Waals surface area (Å²) in [6.07, 6.45) is 4.72. The standard InChI is InChI=1S/C14H21NO4/c16-12-10-3-1-2-4-11(10)13(17)15(12)9-14(18)5-7-19-8-6-14/h10-11,18H,1-9H2. The summed E-state index contributed by atoms with van der Waals surface area (Å²) >= 11 is 0. The molecule has 3 fully saturated rings. The van der Waals surface area contributed by atoms with Gasteiger partial charge in [-0.3, -0.25) is 14.5 Å².